The summed E-state index contributed by atoms with van der Waals surface area (Å²) in [4.78, 5) is 27.1. The Bertz CT molecular complexity index is 1340. The van der Waals surface area contributed by atoms with Crippen molar-refractivity contribution < 1.29 is 0 Å². The van der Waals surface area contributed by atoms with Gasteiger partial charge in [0.2, 0.25) is 0 Å². The topological polar surface area (TPSA) is 54.3 Å². The first kappa shape index (κ1) is 21.9. The van der Waals surface area contributed by atoms with Gasteiger partial charge in [-0.05, 0) is 49.7 Å². The fraction of sp³-hybridized carbons (Fsp3) is 0.346. The minimum atomic E-state index is -0.0704. The predicted octanol–water partition coefficient (Wildman–Crippen LogP) is 4.28. The number of unbranched alkanes of at least 4 members (excludes halogenated alkanes) is 1. The highest BCUT2D eigenvalue weighted by molar-refractivity contribution is 6.35. The van der Waals surface area contributed by atoms with Crippen LogP contribution in [0, 0.1) is 0 Å². The van der Waals surface area contributed by atoms with Crippen LogP contribution >= 0.6 is 11.6 Å². The molecule has 1 aliphatic heterocycles. The van der Waals surface area contributed by atoms with Crippen molar-refractivity contribution in [2.45, 2.75) is 19.3 Å². The zero-order valence-electron chi connectivity index (χ0n) is 18.9. The molecule has 1 saturated heterocycles. The van der Waals surface area contributed by atoms with Crippen LogP contribution in [0.5, 0.6) is 0 Å². The van der Waals surface area contributed by atoms with Gasteiger partial charge < -0.3 is 4.90 Å². The summed E-state index contributed by atoms with van der Waals surface area (Å²) in [6.45, 7) is 5.13. The average Bonchev–Trinajstić information content (AvgIpc) is 2.84. The second kappa shape index (κ2) is 9.49. The molecule has 170 valence electrons. The number of aromatic nitrogens is 3. The number of benzene rings is 2. The van der Waals surface area contributed by atoms with E-state index in [2.05, 4.69) is 34.1 Å². The van der Waals surface area contributed by atoms with Crippen molar-refractivity contribution in [3.8, 4) is 0 Å². The molecular formula is C26H28ClN5O. The molecule has 0 unspecified atom stereocenters. The Hall–Kier alpha value is -2.96. The van der Waals surface area contributed by atoms with Crippen LogP contribution in [0.4, 0.5) is 5.82 Å². The number of pyridine rings is 1. The molecule has 2 aromatic heterocycles. The molecule has 0 amide bonds. The van der Waals surface area contributed by atoms with Crippen molar-refractivity contribution in [1.29, 1.82) is 0 Å². The van der Waals surface area contributed by atoms with Gasteiger partial charge in [-0.3, -0.25) is 14.3 Å². The molecule has 1 aliphatic rings. The number of halogens is 1. The molecule has 7 heteroatoms. The first-order valence-corrected chi connectivity index (χ1v) is 12.0. The van der Waals surface area contributed by atoms with E-state index < -0.39 is 0 Å². The summed E-state index contributed by atoms with van der Waals surface area (Å²) in [6, 6.07) is 18.0. The highest BCUT2D eigenvalue weighted by atomic mass is 35.5. The van der Waals surface area contributed by atoms with Gasteiger partial charge in [-0.2, -0.15) is 0 Å². The van der Waals surface area contributed by atoms with E-state index in [0.29, 0.717) is 15.9 Å². The Balaban J connectivity index is 1.13. The van der Waals surface area contributed by atoms with Crippen molar-refractivity contribution in [3.05, 3.63) is 75.8 Å². The van der Waals surface area contributed by atoms with Crippen molar-refractivity contribution in [1.82, 2.24) is 19.4 Å². The van der Waals surface area contributed by atoms with Gasteiger partial charge in [0, 0.05) is 45.0 Å². The molecule has 0 aliphatic carbocycles. The molecule has 2 aromatic carbocycles. The number of para-hydroxylation sites is 1. The lowest BCUT2D eigenvalue weighted by Crippen LogP contribution is -2.46. The van der Waals surface area contributed by atoms with Crippen LogP contribution in [-0.4, -0.2) is 52.2 Å². The molecule has 0 saturated carbocycles. The number of piperazine rings is 1. The largest absolute Gasteiger partial charge is 0.354 e. The summed E-state index contributed by atoms with van der Waals surface area (Å²) in [7, 11) is 1.79. The molecule has 0 spiro atoms. The third-order valence-electron chi connectivity index (χ3n) is 6.55. The molecule has 0 atom stereocenters. The van der Waals surface area contributed by atoms with Crippen LogP contribution in [0.15, 0.2) is 59.4 Å². The number of fused-ring (bicyclic) bond motifs is 2. The zero-order valence-corrected chi connectivity index (χ0v) is 19.6. The smallest absolute Gasteiger partial charge is 0.262 e. The van der Waals surface area contributed by atoms with Crippen LogP contribution in [0.1, 0.15) is 18.7 Å². The Morgan fingerprint density at radius 3 is 2.52 bits per heavy atom. The van der Waals surface area contributed by atoms with E-state index >= 15 is 0 Å². The lowest BCUT2D eigenvalue weighted by atomic mass is 10.2. The van der Waals surface area contributed by atoms with E-state index in [1.807, 2.05) is 24.3 Å². The van der Waals surface area contributed by atoms with E-state index in [9.17, 15) is 4.79 Å². The highest BCUT2D eigenvalue weighted by Gasteiger charge is 2.18. The van der Waals surface area contributed by atoms with Gasteiger partial charge in [0.15, 0.2) is 0 Å². The normalized spacial score (nSPS) is 14.9. The van der Waals surface area contributed by atoms with E-state index in [1.54, 1.807) is 17.7 Å². The number of aryl methyl sites for hydroxylation is 1. The first-order chi connectivity index (χ1) is 16.1. The summed E-state index contributed by atoms with van der Waals surface area (Å²) in [5.41, 5.74) is 1.66. The summed E-state index contributed by atoms with van der Waals surface area (Å²) in [5.74, 6) is 1.89. The number of hydrogen-bond acceptors (Lipinski definition) is 5. The SMILES string of the molecule is Cn1c(CCCCN2CCN(c3ccc4ccccc4n3)CC2)nc2cccc(Cl)c2c1=O. The molecule has 0 radical (unpaired) electrons. The van der Waals surface area contributed by atoms with Crippen LogP contribution in [0.2, 0.25) is 5.02 Å². The second-order valence-electron chi connectivity index (χ2n) is 8.67. The zero-order chi connectivity index (χ0) is 22.8. The van der Waals surface area contributed by atoms with Gasteiger partial charge in [0.05, 0.1) is 21.4 Å². The van der Waals surface area contributed by atoms with Crippen molar-refractivity contribution >= 4 is 39.2 Å². The second-order valence-corrected chi connectivity index (χ2v) is 9.08. The lowest BCUT2D eigenvalue weighted by molar-refractivity contribution is 0.252. The molecule has 33 heavy (non-hydrogen) atoms. The third-order valence-corrected chi connectivity index (χ3v) is 6.87. The van der Waals surface area contributed by atoms with Crippen LogP contribution < -0.4 is 10.5 Å². The van der Waals surface area contributed by atoms with Gasteiger partial charge >= 0.3 is 0 Å². The van der Waals surface area contributed by atoms with Crippen LogP contribution in [-0.2, 0) is 13.5 Å². The fourth-order valence-electron chi connectivity index (χ4n) is 4.59. The molecule has 0 N–H and O–H groups in total. The number of rotatable bonds is 6. The summed E-state index contributed by atoms with van der Waals surface area (Å²) in [6.07, 6.45) is 2.87. The van der Waals surface area contributed by atoms with Gasteiger partial charge in [0.25, 0.3) is 5.56 Å². The van der Waals surface area contributed by atoms with E-state index in [-0.39, 0.29) is 5.56 Å². The van der Waals surface area contributed by atoms with Crippen LogP contribution in [0.3, 0.4) is 0 Å². The molecule has 5 rings (SSSR count). The maximum absolute atomic E-state index is 12.7. The predicted molar refractivity (Wildman–Crippen MR) is 135 cm³/mol. The average molecular weight is 462 g/mol. The molecule has 0 bridgehead atoms. The third kappa shape index (κ3) is 4.59. The van der Waals surface area contributed by atoms with Gasteiger partial charge in [0.1, 0.15) is 11.6 Å². The molecule has 4 aromatic rings. The van der Waals surface area contributed by atoms with Crippen LogP contribution in [0.25, 0.3) is 21.8 Å². The van der Waals surface area contributed by atoms with E-state index in [0.717, 1.165) is 69.1 Å². The van der Waals surface area contributed by atoms with Crippen molar-refractivity contribution in [2.75, 3.05) is 37.6 Å². The van der Waals surface area contributed by atoms with Gasteiger partial charge in [-0.25, -0.2) is 9.97 Å². The highest BCUT2D eigenvalue weighted by Crippen LogP contribution is 2.20. The minimum Gasteiger partial charge on any atom is -0.354 e. The lowest BCUT2D eigenvalue weighted by Gasteiger charge is -2.35. The minimum absolute atomic E-state index is 0.0704. The summed E-state index contributed by atoms with van der Waals surface area (Å²) in [5, 5.41) is 2.15. The van der Waals surface area contributed by atoms with E-state index in [4.69, 9.17) is 21.6 Å². The summed E-state index contributed by atoms with van der Waals surface area (Å²) >= 11 is 6.21. The number of anilines is 1. The summed E-state index contributed by atoms with van der Waals surface area (Å²) < 4.78 is 1.64. The van der Waals surface area contributed by atoms with Crippen molar-refractivity contribution in [3.63, 3.8) is 0 Å². The van der Waals surface area contributed by atoms with Gasteiger partial charge in [-0.1, -0.05) is 35.9 Å². The molecule has 6 nitrogen and oxygen atoms in total. The number of nitrogens with zero attached hydrogens (tertiary/aromatic N) is 5. The molecular weight excluding hydrogens is 434 g/mol. The Kier molecular flexibility index (Phi) is 6.29. The monoisotopic (exact) mass is 461 g/mol. The quantitative estimate of drug-likeness (QED) is 0.401. The maximum Gasteiger partial charge on any atom is 0.262 e. The van der Waals surface area contributed by atoms with E-state index in [1.165, 1.54) is 5.39 Å². The maximum atomic E-state index is 12.7. The van der Waals surface area contributed by atoms with Gasteiger partial charge in [-0.15, -0.1) is 0 Å². The van der Waals surface area contributed by atoms with Crippen molar-refractivity contribution in [2.24, 2.45) is 7.05 Å². The Morgan fingerprint density at radius 1 is 0.879 bits per heavy atom. The molecule has 1 fully saturated rings. The Labute approximate surface area is 198 Å². The Morgan fingerprint density at radius 2 is 1.67 bits per heavy atom. The standard InChI is InChI=1S/C26H28ClN5O/c1-30-23(29-22-10-6-8-20(27)25(22)26(30)33)11-4-5-14-31-15-17-32(18-16-31)24-13-12-19-7-2-3-9-21(19)28-24/h2-3,6-10,12-13H,4-5,11,14-18H2,1H3. The first-order valence-electron chi connectivity index (χ1n) is 11.6. The fourth-order valence-corrected chi connectivity index (χ4v) is 4.84. The number of hydrogen-bond donors (Lipinski definition) is 0. The molecule has 3 heterocycles.